The molecule has 0 aromatic heterocycles. The van der Waals surface area contributed by atoms with Crippen molar-refractivity contribution in [2.45, 2.75) is 25.3 Å². The van der Waals surface area contributed by atoms with Gasteiger partial charge in [-0.2, -0.15) is 5.26 Å². The number of methoxy groups -OCH3 is 1. The molecule has 1 aliphatic rings. The number of nitrogens with zero attached hydrogens (tertiary/aromatic N) is 1. The lowest BCUT2D eigenvalue weighted by molar-refractivity contribution is 0.204. The summed E-state index contributed by atoms with van der Waals surface area (Å²) in [7, 11) is 1.63. The van der Waals surface area contributed by atoms with E-state index in [1.807, 2.05) is 31.2 Å². The zero-order valence-electron chi connectivity index (χ0n) is 11.5. The molecule has 102 valence electrons. The van der Waals surface area contributed by atoms with E-state index >= 15 is 0 Å². The van der Waals surface area contributed by atoms with Gasteiger partial charge in [-0.05, 0) is 49.6 Å². The van der Waals surface area contributed by atoms with E-state index in [0.29, 0.717) is 12.5 Å². The predicted octanol–water partition coefficient (Wildman–Crippen LogP) is 2.36. The Kier molecular flexibility index (Phi) is 4.28. The van der Waals surface area contributed by atoms with Gasteiger partial charge in [0.15, 0.2) is 0 Å². The number of benzene rings is 1. The van der Waals surface area contributed by atoms with Crippen LogP contribution in [0.1, 0.15) is 19.8 Å². The van der Waals surface area contributed by atoms with E-state index in [0.717, 1.165) is 30.9 Å². The molecule has 1 saturated carbocycles. The zero-order valence-corrected chi connectivity index (χ0v) is 11.5. The molecule has 1 fully saturated rings. The third-order valence-electron chi connectivity index (χ3n) is 3.49. The van der Waals surface area contributed by atoms with E-state index < -0.39 is 5.54 Å². The van der Waals surface area contributed by atoms with Gasteiger partial charge in [0.05, 0.1) is 13.2 Å². The summed E-state index contributed by atoms with van der Waals surface area (Å²) in [5.41, 5.74) is -0.547. The molecule has 1 N–H and O–H groups in total. The number of nitrogens with one attached hydrogen (secondary N) is 1. The summed E-state index contributed by atoms with van der Waals surface area (Å²) in [5, 5.41) is 12.8. The highest BCUT2D eigenvalue weighted by Gasteiger charge is 2.46. The highest BCUT2D eigenvalue weighted by Crippen LogP contribution is 2.39. The molecule has 0 spiro atoms. The normalized spacial score (nSPS) is 17.3. The highest BCUT2D eigenvalue weighted by atomic mass is 16.5. The minimum absolute atomic E-state index is 0.383. The summed E-state index contributed by atoms with van der Waals surface area (Å²) in [6.45, 7) is 3.17. The Labute approximate surface area is 114 Å². The Morgan fingerprint density at radius 1 is 1.32 bits per heavy atom. The number of likely N-dealkylation sites (N-methyl/N-ethyl adjacent to an activating group) is 1. The standard InChI is InChI=1S/C15H20N2O2/c1-3-17-15(10-16,12-4-5-12)11-19-14-8-6-13(18-2)7-9-14/h6-9,12,17H,3-5,11H2,1-2H3. The topological polar surface area (TPSA) is 54.3 Å². The number of nitriles is 1. The molecule has 4 nitrogen and oxygen atoms in total. The maximum atomic E-state index is 9.47. The van der Waals surface area contributed by atoms with Crippen molar-refractivity contribution < 1.29 is 9.47 Å². The second-order valence-electron chi connectivity index (χ2n) is 4.85. The van der Waals surface area contributed by atoms with E-state index in [2.05, 4.69) is 11.4 Å². The molecular formula is C15H20N2O2. The number of hydrogen-bond acceptors (Lipinski definition) is 4. The molecule has 0 saturated heterocycles. The molecule has 0 heterocycles. The largest absolute Gasteiger partial charge is 0.497 e. The summed E-state index contributed by atoms with van der Waals surface area (Å²) in [6, 6.07) is 9.84. The Balaban J connectivity index is 2.00. The van der Waals surface area contributed by atoms with E-state index in [-0.39, 0.29) is 0 Å². The van der Waals surface area contributed by atoms with Crippen LogP contribution in [0, 0.1) is 17.2 Å². The van der Waals surface area contributed by atoms with Crippen molar-refractivity contribution in [3.05, 3.63) is 24.3 Å². The molecule has 1 atom stereocenters. The summed E-state index contributed by atoms with van der Waals surface area (Å²) in [5.74, 6) is 1.97. The molecule has 2 rings (SSSR count). The first-order valence-electron chi connectivity index (χ1n) is 6.67. The SMILES string of the molecule is CCNC(C#N)(COc1ccc(OC)cc1)C1CC1. The Bertz CT molecular complexity index is 448. The molecule has 1 aromatic rings. The van der Waals surface area contributed by atoms with Crippen molar-refractivity contribution in [1.82, 2.24) is 5.32 Å². The summed E-state index contributed by atoms with van der Waals surface area (Å²) < 4.78 is 10.9. The van der Waals surface area contributed by atoms with Gasteiger partial charge in [-0.25, -0.2) is 0 Å². The molecular weight excluding hydrogens is 240 g/mol. The third-order valence-corrected chi connectivity index (χ3v) is 3.49. The van der Waals surface area contributed by atoms with Crippen molar-refractivity contribution in [3.8, 4) is 17.6 Å². The number of ether oxygens (including phenoxy) is 2. The molecule has 0 aliphatic heterocycles. The van der Waals surface area contributed by atoms with Crippen molar-refractivity contribution in [3.63, 3.8) is 0 Å². The Morgan fingerprint density at radius 3 is 2.42 bits per heavy atom. The minimum Gasteiger partial charge on any atom is -0.497 e. The third kappa shape index (κ3) is 3.18. The lowest BCUT2D eigenvalue weighted by Crippen LogP contribution is -2.50. The van der Waals surface area contributed by atoms with Crippen LogP contribution in [0.15, 0.2) is 24.3 Å². The van der Waals surface area contributed by atoms with Crippen molar-refractivity contribution in [2.24, 2.45) is 5.92 Å². The molecule has 1 aromatic carbocycles. The first-order chi connectivity index (χ1) is 9.24. The molecule has 19 heavy (non-hydrogen) atoms. The number of hydrogen-bond donors (Lipinski definition) is 1. The van der Waals surface area contributed by atoms with Crippen LogP contribution in [0.5, 0.6) is 11.5 Å². The monoisotopic (exact) mass is 260 g/mol. The van der Waals surface area contributed by atoms with Crippen LogP contribution >= 0.6 is 0 Å². The van der Waals surface area contributed by atoms with Crippen LogP contribution in [-0.2, 0) is 0 Å². The zero-order chi connectivity index (χ0) is 13.7. The fraction of sp³-hybridized carbons (Fsp3) is 0.533. The molecule has 0 bridgehead atoms. The average molecular weight is 260 g/mol. The lowest BCUT2D eigenvalue weighted by Gasteiger charge is -2.27. The Morgan fingerprint density at radius 2 is 1.95 bits per heavy atom. The first-order valence-corrected chi connectivity index (χ1v) is 6.67. The van der Waals surface area contributed by atoms with Crippen molar-refractivity contribution >= 4 is 0 Å². The van der Waals surface area contributed by atoms with Gasteiger partial charge in [0, 0.05) is 0 Å². The maximum absolute atomic E-state index is 9.47. The van der Waals surface area contributed by atoms with Gasteiger partial charge in [0.25, 0.3) is 0 Å². The van der Waals surface area contributed by atoms with Gasteiger partial charge in [-0.15, -0.1) is 0 Å². The van der Waals surface area contributed by atoms with Gasteiger partial charge in [0.2, 0.25) is 0 Å². The molecule has 1 aliphatic carbocycles. The van der Waals surface area contributed by atoms with E-state index in [9.17, 15) is 5.26 Å². The summed E-state index contributed by atoms with van der Waals surface area (Å²) >= 11 is 0. The van der Waals surface area contributed by atoms with Gasteiger partial charge in [-0.1, -0.05) is 6.92 Å². The second kappa shape index (κ2) is 5.94. The quantitative estimate of drug-likeness (QED) is 0.817. The smallest absolute Gasteiger partial charge is 0.143 e. The fourth-order valence-corrected chi connectivity index (χ4v) is 2.24. The van der Waals surface area contributed by atoms with Crippen LogP contribution in [0.3, 0.4) is 0 Å². The average Bonchev–Trinajstić information content (AvgIpc) is 3.29. The van der Waals surface area contributed by atoms with Crippen LogP contribution in [0.4, 0.5) is 0 Å². The fourth-order valence-electron chi connectivity index (χ4n) is 2.24. The molecule has 4 heteroatoms. The van der Waals surface area contributed by atoms with E-state index in [4.69, 9.17) is 9.47 Å². The van der Waals surface area contributed by atoms with Crippen LogP contribution in [0.25, 0.3) is 0 Å². The van der Waals surface area contributed by atoms with Gasteiger partial charge < -0.3 is 9.47 Å². The van der Waals surface area contributed by atoms with Crippen LogP contribution in [0.2, 0.25) is 0 Å². The highest BCUT2D eigenvalue weighted by molar-refractivity contribution is 5.31. The van der Waals surface area contributed by atoms with Crippen LogP contribution in [-0.4, -0.2) is 25.8 Å². The number of rotatable bonds is 7. The van der Waals surface area contributed by atoms with Gasteiger partial charge >= 0.3 is 0 Å². The van der Waals surface area contributed by atoms with Crippen LogP contribution < -0.4 is 14.8 Å². The van der Waals surface area contributed by atoms with E-state index in [1.54, 1.807) is 7.11 Å². The molecule has 0 amide bonds. The predicted molar refractivity (Wildman–Crippen MR) is 73.2 cm³/mol. The van der Waals surface area contributed by atoms with Crippen molar-refractivity contribution in [2.75, 3.05) is 20.3 Å². The van der Waals surface area contributed by atoms with Gasteiger partial charge in [0.1, 0.15) is 23.6 Å². The molecule has 1 unspecified atom stereocenters. The summed E-state index contributed by atoms with van der Waals surface area (Å²) in [4.78, 5) is 0. The Hall–Kier alpha value is -1.73. The molecule has 0 radical (unpaired) electrons. The summed E-state index contributed by atoms with van der Waals surface area (Å²) in [6.07, 6.45) is 2.21. The first kappa shape index (κ1) is 13.7. The van der Waals surface area contributed by atoms with Crippen molar-refractivity contribution in [1.29, 1.82) is 5.26 Å². The lowest BCUT2D eigenvalue weighted by atomic mass is 9.96. The minimum atomic E-state index is -0.547. The van der Waals surface area contributed by atoms with Gasteiger partial charge in [-0.3, -0.25) is 5.32 Å². The van der Waals surface area contributed by atoms with E-state index in [1.165, 1.54) is 0 Å². The maximum Gasteiger partial charge on any atom is 0.143 e. The second-order valence-corrected chi connectivity index (χ2v) is 4.85.